The number of methoxy groups -OCH3 is 2. The number of nitrogens with zero attached hydrogens (tertiary/aromatic N) is 2. The Hall–Kier alpha value is -4.25. The van der Waals surface area contributed by atoms with E-state index in [4.69, 9.17) is 32.7 Å². The van der Waals surface area contributed by atoms with Crippen LogP contribution in [-0.4, -0.2) is 58.0 Å². The van der Waals surface area contributed by atoms with Gasteiger partial charge in [0, 0.05) is 19.0 Å². The zero-order valence-electron chi connectivity index (χ0n) is 27.2. The first kappa shape index (κ1) is 36.6. The molecule has 0 bridgehead atoms. The number of carbonyl (C=O) groups is 2. The van der Waals surface area contributed by atoms with Crippen molar-refractivity contribution in [1.82, 2.24) is 10.2 Å². The molecule has 0 unspecified atom stereocenters. The second kappa shape index (κ2) is 16.7. The van der Waals surface area contributed by atoms with E-state index in [0.29, 0.717) is 22.8 Å². The molecule has 4 rings (SSSR count). The van der Waals surface area contributed by atoms with Crippen LogP contribution in [0.3, 0.4) is 0 Å². The summed E-state index contributed by atoms with van der Waals surface area (Å²) in [7, 11) is -1.44. The van der Waals surface area contributed by atoms with Crippen LogP contribution in [0, 0.1) is 0 Å². The number of halogens is 2. The number of para-hydroxylation sites is 2. The summed E-state index contributed by atoms with van der Waals surface area (Å²) in [5.74, 6) is -0.278. The van der Waals surface area contributed by atoms with Crippen LogP contribution in [0.4, 0.5) is 5.69 Å². The molecule has 4 aromatic rings. The molecule has 2 atom stereocenters. The van der Waals surface area contributed by atoms with Crippen molar-refractivity contribution in [1.29, 1.82) is 0 Å². The molecule has 0 heterocycles. The van der Waals surface area contributed by atoms with E-state index in [1.54, 1.807) is 42.5 Å². The molecule has 0 fully saturated rings. The fourth-order valence-electron chi connectivity index (χ4n) is 5.05. The van der Waals surface area contributed by atoms with Gasteiger partial charge in [0.1, 0.15) is 24.1 Å². The van der Waals surface area contributed by atoms with E-state index in [2.05, 4.69) is 5.32 Å². The van der Waals surface area contributed by atoms with E-state index in [1.807, 2.05) is 44.2 Å². The van der Waals surface area contributed by atoms with Gasteiger partial charge in [0.2, 0.25) is 11.8 Å². The lowest BCUT2D eigenvalue weighted by Crippen LogP contribution is -2.54. The molecule has 12 heteroatoms. The van der Waals surface area contributed by atoms with Gasteiger partial charge in [0.05, 0.1) is 34.8 Å². The van der Waals surface area contributed by atoms with Crippen molar-refractivity contribution < 1.29 is 27.5 Å². The molecule has 0 aromatic heterocycles. The third kappa shape index (κ3) is 9.00. The second-order valence-electron chi connectivity index (χ2n) is 11.2. The number of anilines is 1. The number of rotatable bonds is 15. The number of nitrogens with one attached hydrogen (secondary N) is 1. The van der Waals surface area contributed by atoms with Gasteiger partial charge in [-0.2, -0.15) is 0 Å². The minimum atomic E-state index is -4.34. The Bertz CT molecular complexity index is 1810. The maximum Gasteiger partial charge on any atom is 0.264 e. The molecule has 0 spiro atoms. The highest BCUT2D eigenvalue weighted by Crippen LogP contribution is 2.33. The summed E-state index contributed by atoms with van der Waals surface area (Å²) in [5, 5.41) is 3.63. The number of ether oxygens (including phenoxy) is 2. The van der Waals surface area contributed by atoms with Crippen LogP contribution in [0.1, 0.15) is 31.4 Å². The van der Waals surface area contributed by atoms with Gasteiger partial charge in [-0.05, 0) is 73.0 Å². The summed E-state index contributed by atoms with van der Waals surface area (Å²) in [6.45, 7) is 3.14. The molecule has 0 aliphatic heterocycles. The summed E-state index contributed by atoms with van der Waals surface area (Å²) >= 11 is 12.6. The van der Waals surface area contributed by atoms with E-state index in [-0.39, 0.29) is 46.3 Å². The van der Waals surface area contributed by atoms with Crippen LogP contribution in [0.5, 0.6) is 11.5 Å². The van der Waals surface area contributed by atoms with Crippen molar-refractivity contribution in [3.05, 3.63) is 118 Å². The molecular weight excluding hydrogens is 673 g/mol. The number of hydrogen-bond donors (Lipinski definition) is 1. The molecule has 4 aromatic carbocycles. The highest BCUT2D eigenvalue weighted by molar-refractivity contribution is 7.92. The van der Waals surface area contributed by atoms with Gasteiger partial charge >= 0.3 is 0 Å². The van der Waals surface area contributed by atoms with Gasteiger partial charge in [-0.15, -0.1) is 0 Å². The smallest absolute Gasteiger partial charge is 0.264 e. The van der Waals surface area contributed by atoms with E-state index in [9.17, 15) is 18.0 Å². The largest absolute Gasteiger partial charge is 0.497 e. The summed E-state index contributed by atoms with van der Waals surface area (Å²) in [6.07, 6.45) is 0.849. The Morgan fingerprint density at radius 2 is 1.50 bits per heavy atom. The molecule has 0 aliphatic rings. The molecule has 0 saturated carbocycles. The first-order valence-corrected chi connectivity index (χ1v) is 17.6. The third-order valence-corrected chi connectivity index (χ3v) is 10.4. The summed E-state index contributed by atoms with van der Waals surface area (Å²) in [4.78, 5) is 30.0. The van der Waals surface area contributed by atoms with Gasteiger partial charge in [-0.1, -0.05) is 78.7 Å². The fourth-order valence-corrected chi connectivity index (χ4v) is 6.80. The predicted molar refractivity (Wildman–Crippen MR) is 189 cm³/mol. The molecule has 254 valence electrons. The maximum absolute atomic E-state index is 14.7. The van der Waals surface area contributed by atoms with E-state index < -0.39 is 28.5 Å². The van der Waals surface area contributed by atoms with Crippen LogP contribution >= 0.6 is 23.2 Å². The molecular formula is C36H39Cl2N3O6S. The molecule has 1 N–H and O–H groups in total. The minimum Gasteiger partial charge on any atom is -0.497 e. The lowest BCUT2D eigenvalue weighted by molar-refractivity contribution is -0.140. The Balaban J connectivity index is 1.85. The lowest BCUT2D eigenvalue weighted by atomic mass is 10.0. The number of hydrogen-bond acceptors (Lipinski definition) is 6. The molecule has 0 radical (unpaired) electrons. The lowest BCUT2D eigenvalue weighted by Gasteiger charge is -2.34. The fraction of sp³-hybridized carbons (Fsp3) is 0.278. The average molecular weight is 713 g/mol. The van der Waals surface area contributed by atoms with E-state index >= 15 is 0 Å². The standard InChI is InChI=1S/C36H39Cl2N3O6S/c1-5-25(2)39-36(43)33(22-26-11-7-6-8-12-26)40(23-27-15-20-30(37)31(38)21-27)35(42)24-41(32-13-9-10-14-34(32)47-4)48(44,45)29-18-16-28(46-3)17-19-29/h6-21,25,33H,5,22-24H2,1-4H3,(H,39,43)/t25-,33+/m1/s1. The normalized spacial score (nSPS) is 12.5. The third-order valence-electron chi connectivity index (χ3n) is 7.89. The zero-order valence-corrected chi connectivity index (χ0v) is 29.6. The van der Waals surface area contributed by atoms with Crippen LogP contribution in [0.15, 0.2) is 102 Å². The van der Waals surface area contributed by atoms with Gasteiger partial charge in [-0.25, -0.2) is 8.42 Å². The van der Waals surface area contributed by atoms with Gasteiger partial charge < -0.3 is 19.7 Å². The number of benzene rings is 4. The van der Waals surface area contributed by atoms with Crippen LogP contribution in [0.2, 0.25) is 10.0 Å². The topological polar surface area (TPSA) is 105 Å². The Kier molecular flexibility index (Phi) is 12.7. The van der Waals surface area contributed by atoms with Crippen molar-refractivity contribution in [3.8, 4) is 11.5 Å². The molecule has 2 amide bonds. The maximum atomic E-state index is 14.7. The zero-order chi connectivity index (χ0) is 34.8. The molecule has 0 saturated heterocycles. The van der Waals surface area contributed by atoms with Crippen molar-refractivity contribution in [2.75, 3.05) is 25.1 Å². The van der Waals surface area contributed by atoms with E-state index in [1.165, 1.54) is 43.4 Å². The summed E-state index contributed by atoms with van der Waals surface area (Å²) in [6, 6.07) is 25.5. The van der Waals surface area contributed by atoms with Gasteiger partial charge in [0.25, 0.3) is 10.0 Å². The highest BCUT2D eigenvalue weighted by atomic mass is 35.5. The minimum absolute atomic E-state index is 0.0521. The summed E-state index contributed by atoms with van der Waals surface area (Å²) in [5.41, 5.74) is 1.58. The number of amides is 2. The highest BCUT2D eigenvalue weighted by Gasteiger charge is 2.36. The Labute approximate surface area is 292 Å². The van der Waals surface area contributed by atoms with E-state index in [0.717, 1.165) is 9.87 Å². The van der Waals surface area contributed by atoms with Crippen molar-refractivity contribution in [2.24, 2.45) is 0 Å². The molecule has 0 aliphatic carbocycles. The van der Waals surface area contributed by atoms with Crippen LogP contribution < -0.4 is 19.1 Å². The molecule has 48 heavy (non-hydrogen) atoms. The molecule has 9 nitrogen and oxygen atoms in total. The predicted octanol–water partition coefficient (Wildman–Crippen LogP) is 6.76. The van der Waals surface area contributed by atoms with Crippen molar-refractivity contribution in [3.63, 3.8) is 0 Å². The first-order chi connectivity index (χ1) is 23.0. The average Bonchev–Trinajstić information content (AvgIpc) is 3.10. The number of sulfonamides is 1. The first-order valence-electron chi connectivity index (χ1n) is 15.4. The van der Waals surface area contributed by atoms with Gasteiger partial charge in [-0.3, -0.25) is 13.9 Å². The van der Waals surface area contributed by atoms with Gasteiger partial charge in [0.15, 0.2) is 0 Å². The number of carbonyl (C=O) groups excluding carboxylic acids is 2. The van der Waals surface area contributed by atoms with Crippen LogP contribution in [0.25, 0.3) is 0 Å². The quantitative estimate of drug-likeness (QED) is 0.146. The SMILES string of the molecule is CC[C@@H](C)NC(=O)[C@H](Cc1ccccc1)N(Cc1ccc(Cl)c(Cl)c1)C(=O)CN(c1ccccc1OC)S(=O)(=O)c1ccc(OC)cc1. The van der Waals surface area contributed by atoms with Crippen molar-refractivity contribution >= 4 is 50.7 Å². The summed E-state index contributed by atoms with van der Waals surface area (Å²) < 4.78 is 40.4. The van der Waals surface area contributed by atoms with Crippen LogP contribution in [-0.2, 0) is 32.6 Å². The monoisotopic (exact) mass is 711 g/mol. The Morgan fingerprint density at radius 3 is 2.12 bits per heavy atom. The van der Waals surface area contributed by atoms with Crippen molar-refractivity contribution in [2.45, 2.75) is 50.2 Å². The second-order valence-corrected chi connectivity index (χ2v) is 13.8. The Morgan fingerprint density at radius 1 is 0.833 bits per heavy atom.